The lowest BCUT2D eigenvalue weighted by Crippen LogP contribution is -2.19. The maximum Gasteiger partial charge on any atom is 0.174 e. The summed E-state index contributed by atoms with van der Waals surface area (Å²) >= 11 is 0. The fourth-order valence-electron chi connectivity index (χ4n) is 1.27. The van der Waals surface area contributed by atoms with Gasteiger partial charge in [-0.05, 0) is 17.7 Å². The quantitative estimate of drug-likeness (QED) is 0.737. The number of ether oxygens (including phenoxy) is 1. The Hall–Kier alpha value is -1.38. The highest BCUT2D eigenvalue weighted by Gasteiger charge is 1.96. The van der Waals surface area contributed by atoms with Gasteiger partial charge in [0, 0.05) is 35.9 Å². The van der Waals surface area contributed by atoms with Crippen LogP contribution in [0, 0.1) is 11.3 Å². The number of nitriles is 1. The second kappa shape index (κ2) is 7.82. The smallest absolute Gasteiger partial charge is 0.174 e. The Morgan fingerprint density at radius 1 is 1.41 bits per heavy atom. The second-order valence-electron chi connectivity index (χ2n) is 3.54. The second-order valence-corrected chi connectivity index (χ2v) is 5.10. The van der Waals surface area contributed by atoms with Crippen molar-refractivity contribution in [3.05, 3.63) is 29.8 Å². The summed E-state index contributed by atoms with van der Waals surface area (Å²) in [6, 6.07) is 9.49. The molecule has 0 aromatic heterocycles. The molecule has 0 aliphatic heterocycles. The van der Waals surface area contributed by atoms with Crippen molar-refractivity contribution in [2.45, 2.75) is 6.54 Å². The minimum absolute atomic E-state index is 0.0694. The van der Waals surface area contributed by atoms with E-state index in [1.807, 2.05) is 30.3 Å². The normalized spacial score (nSPS) is 11.8. The molecule has 5 heteroatoms. The number of hydrogen-bond acceptors (Lipinski definition) is 4. The van der Waals surface area contributed by atoms with Crippen LogP contribution in [-0.2, 0) is 17.3 Å². The van der Waals surface area contributed by atoms with Crippen LogP contribution in [0.15, 0.2) is 24.3 Å². The van der Waals surface area contributed by atoms with Crippen molar-refractivity contribution in [1.29, 1.82) is 5.26 Å². The molecular weight excluding hydrogens is 236 g/mol. The molecule has 0 spiro atoms. The maximum absolute atomic E-state index is 10.8. The highest BCUT2D eigenvalue weighted by atomic mass is 32.2. The monoisotopic (exact) mass is 252 g/mol. The molecule has 0 bridgehead atoms. The molecule has 1 atom stereocenters. The van der Waals surface area contributed by atoms with E-state index >= 15 is 0 Å². The van der Waals surface area contributed by atoms with E-state index < -0.39 is 10.8 Å². The van der Waals surface area contributed by atoms with Gasteiger partial charge in [-0.2, -0.15) is 5.26 Å². The number of hydrogen-bond donors (Lipinski definition) is 1. The van der Waals surface area contributed by atoms with Crippen molar-refractivity contribution in [1.82, 2.24) is 5.32 Å². The lowest BCUT2D eigenvalue weighted by atomic mass is 10.2. The summed E-state index contributed by atoms with van der Waals surface area (Å²) in [5.74, 6) is 1.37. The van der Waals surface area contributed by atoms with Crippen LogP contribution in [0.1, 0.15) is 5.56 Å². The summed E-state index contributed by atoms with van der Waals surface area (Å²) in [6.45, 7) is 1.56. The van der Waals surface area contributed by atoms with Crippen LogP contribution in [0.5, 0.6) is 5.75 Å². The maximum atomic E-state index is 10.8. The Labute approximate surface area is 104 Å². The van der Waals surface area contributed by atoms with Gasteiger partial charge in [0.25, 0.3) is 0 Å². The summed E-state index contributed by atoms with van der Waals surface area (Å²) in [5.41, 5.74) is 1.14. The van der Waals surface area contributed by atoms with Gasteiger partial charge in [0.1, 0.15) is 11.8 Å². The van der Waals surface area contributed by atoms with Gasteiger partial charge in [0.05, 0.1) is 0 Å². The summed E-state index contributed by atoms with van der Waals surface area (Å²) in [4.78, 5) is 0. The predicted molar refractivity (Wildman–Crippen MR) is 68.2 cm³/mol. The fourth-order valence-corrected chi connectivity index (χ4v) is 1.70. The lowest BCUT2D eigenvalue weighted by Gasteiger charge is -2.05. The average molecular weight is 252 g/mol. The number of rotatable bonds is 7. The Morgan fingerprint density at radius 3 is 2.71 bits per heavy atom. The SMILES string of the molecule is CS(=O)CCNCc1ccc(OCC#N)cc1. The highest BCUT2D eigenvalue weighted by Crippen LogP contribution is 2.11. The molecule has 0 saturated carbocycles. The Kier molecular flexibility index (Phi) is 6.30. The van der Waals surface area contributed by atoms with Crippen molar-refractivity contribution < 1.29 is 8.95 Å². The van der Waals surface area contributed by atoms with Gasteiger partial charge in [-0.1, -0.05) is 12.1 Å². The summed E-state index contributed by atoms with van der Waals surface area (Å²) in [6.07, 6.45) is 1.70. The summed E-state index contributed by atoms with van der Waals surface area (Å²) < 4.78 is 16.0. The molecule has 0 radical (unpaired) electrons. The van der Waals surface area contributed by atoms with E-state index in [0.29, 0.717) is 11.5 Å². The van der Waals surface area contributed by atoms with Crippen molar-refractivity contribution in [2.24, 2.45) is 0 Å². The van der Waals surface area contributed by atoms with E-state index in [2.05, 4.69) is 5.32 Å². The van der Waals surface area contributed by atoms with Gasteiger partial charge in [0.2, 0.25) is 0 Å². The molecule has 0 heterocycles. The zero-order valence-corrected chi connectivity index (χ0v) is 10.6. The molecule has 1 aromatic rings. The first-order chi connectivity index (χ1) is 8.22. The molecule has 4 nitrogen and oxygen atoms in total. The first kappa shape index (κ1) is 13.7. The minimum Gasteiger partial charge on any atom is -0.479 e. The molecule has 1 rings (SSSR count). The molecular formula is C12H16N2O2S. The first-order valence-corrected chi connectivity index (χ1v) is 7.04. The lowest BCUT2D eigenvalue weighted by molar-refractivity contribution is 0.368. The molecule has 0 aliphatic rings. The van der Waals surface area contributed by atoms with Crippen molar-refractivity contribution in [3.63, 3.8) is 0 Å². The number of nitrogens with zero attached hydrogens (tertiary/aromatic N) is 1. The van der Waals surface area contributed by atoms with Crippen molar-refractivity contribution in [3.8, 4) is 11.8 Å². The molecule has 1 unspecified atom stereocenters. The van der Waals surface area contributed by atoms with Gasteiger partial charge in [0.15, 0.2) is 6.61 Å². The average Bonchev–Trinajstić information content (AvgIpc) is 2.33. The minimum atomic E-state index is -0.744. The Morgan fingerprint density at radius 2 is 2.12 bits per heavy atom. The predicted octanol–water partition coefficient (Wildman–Crippen LogP) is 1.06. The Bertz CT molecular complexity index is 398. The largest absolute Gasteiger partial charge is 0.479 e. The Balaban J connectivity index is 2.30. The van der Waals surface area contributed by atoms with Gasteiger partial charge in [-0.15, -0.1) is 0 Å². The van der Waals surface area contributed by atoms with Gasteiger partial charge < -0.3 is 10.1 Å². The summed E-state index contributed by atoms with van der Waals surface area (Å²) in [7, 11) is -0.744. The fraction of sp³-hybridized carbons (Fsp3) is 0.417. The summed E-state index contributed by atoms with van der Waals surface area (Å²) in [5, 5.41) is 11.6. The number of nitrogens with one attached hydrogen (secondary N) is 1. The number of benzene rings is 1. The van der Waals surface area contributed by atoms with Crippen LogP contribution in [0.2, 0.25) is 0 Å². The van der Waals surface area contributed by atoms with Crippen LogP contribution < -0.4 is 10.1 Å². The van der Waals surface area contributed by atoms with E-state index in [4.69, 9.17) is 10.00 Å². The molecule has 0 aliphatic carbocycles. The molecule has 1 N–H and O–H groups in total. The van der Waals surface area contributed by atoms with Crippen LogP contribution in [0.4, 0.5) is 0 Å². The molecule has 0 amide bonds. The molecule has 92 valence electrons. The first-order valence-electron chi connectivity index (χ1n) is 5.32. The topological polar surface area (TPSA) is 62.1 Å². The molecule has 0 saturated heterocycles. The zero-order chi connectivity index (χ0) is 12.5. The van der Waals surface area contributed by atoms with E-state index in [1.165, 1.54) is 0 Å². The van der Waals surface area contributed by atoms with Crippen LogP contribution in [0.25, 0.3) is 0 Å². The molecule has 1 aromatic carbocycles. The van der Waals surface area contributed by atoms with Crippen LogP contribution >= 0.6 is 0 Å². The van der Waals surface area contributed by atoms with E-state index in [-0.39, 0.29) is 6.61 Å². The third-order valence-electron chi connectivity index (χ3n) is 2.12. The van der Waals surface area contributed by atoms with Gasteiger partial charge in [-0.25, -0.2) is 0 Å². The standard InChI is InChI=1S/C12H16N2O2S/c1-17(15)9-7-14-10-11-2-4-12(5-3-11)16-8-6-13/h2-5,14H,7-10H2,1H3. The van der Waals surface area contributed by atoms with E-state index in [0.717, 1.165) is 18.7 Å². The highest BCUT2D eigenvalue weighted by molar-refractivity contribution is 7.84. The molecule has 0 fully saturated rings. The van der Waals surface area contributed by atoms with Gasteiger partial charge in [-0.3, -0.25) is 4.21 Å². The van der Waals surface area contributed by atoms with Crippen molar-refractivity contribution >= 4 is 10.8 Å². The van der Waals surface area contributed by atoms with Crippen LogP contribution in [0.3, 0.4) is 0 Å². The molecule has 17 heavy (non-hydrogen) atoms. The third kappa shape index (κ3) is 6.05. The van der Waals surface area contributed by atoms with E-state index in [1.54, 1.807) is 6.26 Å². The zero-order valence-electron chi connectivity index (χ0n) is 9.81. The van der Waals surface area contributed by atoms with Gasteiger partial charge >= 0.3 is 0 Å². The van der Waals surface area contributed by atoms with Crippen molar-refractivity contribution in [2.75, 3.05) is 25.2 Å². The van der Waals surface area contributed by atoms with E-state index in [9.17, 15) is 4.21 Å². The third-order valence-corrected chi connectivity index (χ3v) is 2.90. The van der Waals surface area contributed by atoms with Crippen LogP contribution in [-0.4, -0.2) is 29.4 Å².